The maximum atomic E-state index is 12.4. The van der Waals surface area contributed by atoms with Gasteiger partial charge < -0.3 is 9.84 Å². The van der Waals surface area contributed by atoms with Crippen LogP contribution in [0.3, 0.4) is 0 Å². The monoisotopic (exact) mass is 170 g/mol. The third kappa shape index (κ3) is 2.98. The van der Waals surface area contributed by atoms with Crippen LogP contribution >= 0.6 is 0 Å². The molecule has 0 amide bonds. The summed E-state index contributed by atoms with van der Waals surface area (Å²) in [6.45, 7) is 0.749. The van der Waals surface area contributed by atoms with E-state index in [-0.39, 0.29) is 12.4 Å². The highest BCUT2D eigenvalue weighted by atomic mass is 19.1. The highest BCUT2D eigenvalue weighted by Gasteiger charge is 1.92. The second kappa shape index (κ2) is 4.85. The van der Waals surface area contributed by atoms with Crippen molar-refractivity contribution in [3.63, 3.8) is 0 Å². The van der Waals surface area contributed by atoms with Crippen LogP contribution in [-0.4, -0.2) is 18.3 Å². The van der Waals surface area contributed by atoms with E-state index < -0.39 is 0 Å². The molecule has 0 radical (unpaired) electrons. The first-order chi connectivity index (χ1) is 5.83. The van der Waals surface area contributed by atoms with Crippen LogP contribution in [0, 0.1) is 5.82 Å². The van der Waals surface area contributed by atoms with Crippen LogP contribution in [0.4, 0.5) is 4.39 Å². The van der Waals surface area contributed by atoms with Gasteiger partial charge in [0.2, 0.25) is 0 Å². The van der Waals surface area contributed by atoms with E-state index in [0.717, 1.165) is 5.56 Å². The quantitative estimate of drug-likeness (QED) is 0.691. The van der Waals surface area contributed by atoms with E-state index in [1.54, 1.807) is 12.1 Å². The Morgan fingerprint density at radius 3 is 2.50 bits per heavy atom. The van der Waals surface area contributed by atoms with Gasteiger partial charge in [0.15, 0.2) is 0 Å². The number of ether oxygens (including phenoxy) is 1. The standard InChI is InChI=1S/C9H11FO2/c10-9-3-1-8(2-4-9)7-12-6-5-11/h1-4,11H,5-7H2. The lowest BCUT2D eigenvalue weighted by atomic mass is 10.2. The van der Waals surface area contributed by atoms with Crippen LogP contribution in [0.5, 0.6) is 0 Å². The number of aliphatic hydroxyl groups is 1. The minimum Gasteiger partial charge on any atom is -0.394 e. The second-order valence-electron chi connectivity index (χ2n) is 2.40. The third-order valence-electron chi connectivity index (χ3n) is 1.42. The van der Waals surface area contributed by atoms with Crippen LogP contribution in [0.1, 0.15) is 5.56 Å². The third-order valence-corrected chi connectivity index (χ3v) is 1.42. The van der Waals surface area contributed by atoms with Crippen molar-refractivity contribution in [2.75, 3.05) is 13.2 Å². The van der Waals surface area contributed by atoms with E-state index in [0.29, 0.717) is 13.2 Å². The van der Waals surface area contributed by atoms with Crippen molar-refractivity contribution >= 4 is 0 Å². The predicted octanol–water partition coefficient (Wildman–Crippen LogP) is 1.33. The normalized spacial score (nSPS) is 10.2. The Hall–Kier alpha value is -0.930. The van der Waals surface area contributed by atoms with E-state index >= 15 is 0 Å². The number of halogens is 1. The molecule has 12 heavy (non-hydrogen) atoms. The Labute approximate surface area is 70.6 Å². The summed E-state index contributed by atoms with van der Waals surface area (Å²) in [5, 5.41) is 8.40. The van der Waals surface area contributed by atoms with Gasteiger partial charge in [-0.05, 0) is 17.7 Å². The molecule has 1 aromatic carbocycles. The number of rotatable bonds is 4. The maximum Gasteiger partial charge on any atom is 0.123 e. The lowest BCUT2D eigenvalue weighted by Crippen LogP contribution is -1.98. The van der Waals surface area contributed by atoms with Gasteiger partial charge in [0.25, 0.3) is 0 Å². The Morgan fingerprint density at radius 1 is 1.25 bits per heavy atom. The van der Waals surface area contributed by atoms with Crippen LogP contribution < -0.4 is 0 Å². The molecule has 0 bridgehead atoms. The van der Waals surface area contributed by atoms with E-state index in [9.17, 15) is 4.39 Å². The molecular weight excluding hydrogens is 159 g/mol. The topological polar surface area (TPSA) is 29.5 Å². The first kappa shape index (κ1) is 9.16. The molecule has 1 aromatic rings. The van der Waals surface area contributed by atoms with E-state index in [4.69, 9.17) is 9.84 Å². The lowest BCUT2D eigenvalue weighted by molar-refractivity contribution is 0.0815. The SMILES string of the molecule is OCCOCc1ccc(F)cc1. The van der Waals surface area contributed by atoms with Gasteiger partial charge in [-0.2, -0.15) is 0 Å². The molecule has 0 aliphatic heterocycles. The molecule has 0 saturated heterocycles. The van der Waals surface area contributed by atoms with Crippen molar-refractivity contribution in [3.8, 4) is 0 Å². The number of hydrogen-bond acceptors (Lipinski definition) is 2. The van der Waals surface area contributed by atoms with Crippen LogP contribution in [0.2, 0.25) is 0 Å². The molecule has 1 N–H and O–H groups in total. The van der Waals surface area contributed by atoms with Crippen molar-refractivity contribution in [1.82, 2.24) is 0 Å². The van der Waals surface area contributed by atoms with Crippen molar-refractivity contribution < 1.29 is 14.2 Å². The Balaban J connectivity index is 2.37. The molecule has 3 heteroatoms. The van der Waals surface area contributed by atoms with Gasteiger partial charge in [0, 0.05) is 0 Å². The molecular formula is C9H11FO2. The zero-order valence-electron chi connectivity index (χ0n) is 6.66. The summed E-state index contributed by atoms with van der Waals surface area (Å²) in [5.74, 6) is -0.249. The molecule has 0 spiro atoms. The smallest absolute Gasteiger partial charge is 0.123 e. The molecule has 0 aromatic heterocycles. The summed E-state index contributed by atoms with van der Waals surface area (Å²) >= 11 is 0. The number of hydrogen-bond donors (Lipinski definition) is 1. The van der Waals surface area contributed by atoms with Gasteiger partial charge in [-0.1, -0.05) is 12.1 Å². The fraction of sp³-hybridized carbons (Fsp3) is 0.333. The summed E-state index contributed by atoms with van der Waals surface area (Å²) in [7, 11) is 0. The summed E-state index contributed by atoms with van der Waals surface area (Å²) in [4.78, 5) is 0. The zero-order chi connectivity index (χ0) is 8.81. The van der Waals surface area contributed by atoms with E-state index in [1.807, 2.05) is 0 Å². The number of benzene rings is 1. The highest BCUT2D eigenvalue weighted by Crippen LogP contribution is 2.03. The van der Waals surface area contributed by atoms with Gasteiger partial charge in [0.1, 0.15) is 5.82 Å². The second-order valence-corrected chi connectivity index (χ2v) is 2.40. The summed E-state index contributed by atoms with van der Waals surface area (Å²) in [5.41, 5.74) is 0.907. The van der Waals surface area contributed by atoms with Gasteiger partial charge in [-0.25, -0.2) is 4.39 Å². The molecule has 2 nitrogen and oxygen atoms in total. The van der Waals surface area contributed by atoms with E-state index in [1.165, 1.54) is 12.1 Å². The first-order valence-electron chi connectivity index (χ1n) is 3.76. The highest BCUT2D eigenvalue weighted by molar-refractivity contribution is 5.14. The first-order valence-corrected chi connectivity index (χ1v) is 3.76. The van der Waals surface area contributed by atoms with Crippen molar-refractivity contribution in [2.24, 2.45) is 0 Å². The van der Waals surface area contributed by atoms with Crippen molar-refractivity contribution in [1.29, 1.82) is 0 Å². The molecule has 0 fully saturated rings. The largest absolute Gasteiger partial charge is 0.394 e. The van der Waals surface area contributed by atoms with Gasteiger partial charge >= 0.3 is 0 Å². The average Bonchev–Trinajstić information content (AvgIpc) is 2.09. The van der Waals surface area contributed by atoms with Gasteiger partial charge in [0.05, 0.1) is 19.8 Å². The summed E-state index contributed by atoms with van der Waals surface area (Å²) in [6, 6.07) is 6.09. The van der Waals surface area contributed by atoms with Crippen LogP contribution in [-0.2, 0) is 11.3 Å². The molecule has 0 saturated carbocycles. The Bertz CT molecular complexity index is 220. The molecule has 0 aliphatic carbocycles. The molecule has 0 atom stereocenters. The average molecular weight is 170 g/mol. The lowest BCUT2D eigenvalue weighted by Gasteiger charge is -2.01. The van der Waals surface area contributed by atoms with E-state index in [2.05, 4.69) is 0 Å². The van der Waals surface area contributed by atoms with Gasteiger partial charge in [-0.3, -0.25) is 0 Å². The molecule has 66 valence electrons. The Morgan fingerprint density at radius 2 is 1.92 bits per heavy atom. The van der Waals surface area contributed by atoms with Crippen LogP contribution in [0.25, 0.3) is 0 Å². The predicted molar refractivity (Wildman–Crippen MR) is 43.1 cm³/mol. The molecule has 0 unspecified atom stereocenters. The van der Waals surface area contributed by atoms with Gasteiger partial charge in [-0.15, -0.1) is 0 Å². The minimum atomic E-state index is -0.249. The maximum absolute atomic E-state index is 12.4. The fourth-order valence-electron chi connectivity index (χ4n) is 0.835. The zero-order valence-corrected chi connectivity index (χ0v) is 6.66. The number of aliphatic hydroxyl groups excluding tert-OH is 1. The summed E-state index contributed by atoms with van der Waals surface area (Å²) < 4.78 is 17.4. The molecule has 1 rings (SSSR count). The minimum absolute atomic E-state index is 0.0151. The Kier molecular flexibility index (Phi) is 3.70. The van der Waals surface area contributed by atoms with Crippen LogP contribution in [0.15, 0.2) is 24.3 Å². The molecule has 0 heterocycles. The fourth-order valence-corrected chi connectivity index (χ4v) is 0.835. The summed E-state index contributed by atoms with van der Waals surface area (Å²) in [6.07, 6.45) is 0. The van der Waals surface area contributed by atoms with Crippen molar-refractivity contribution in [2.45, 2.75) is 6.61 Å². The van der Waals surface area contributed by atoms with Crippen molar-refractivity contribution in [3.05, 3.63) is 35.6 Å². The molecule has 0 aliphatic rings.